The molecule has 1 aliphatic heterocycles. The van der Waals surface area contributed by atoms with Gasteiger partial charge in [-0.05, 0) is 37.8 Å². The predicted molar refractivity (Wildman–Crippen MR) is 117 cm³/mol. The van der Waals surface area contributed by atoms with Gasteiger partial charge in [0.2, 0.25) is 5.91 Å². The number of guanidine groups is 1. The van der Waals surface area contributed by atoms with E-state index in [1.54, 1.807) is 6.07 Å². The van der Waals surface area contributed by atoms with E-state index in [0.717, 1.165) is 44.4 Å². The van der Waals surface area contributed by atoms with Crippen LogP contribution in [0.15, 0.2) is 29.3 Å². The quantitative estimate of drug-likeness (QED) is 0.371. The van der Waals surface area contributed by atoms with Gasteiger partial charge in [0.25, 0.3) is 0 Å². The monoisotopic (exact) mass is 401 g/mol. The highest BCUT2D eigenvalue weighted by molar-refractivity contribution is 5.80. The summed E-state index contributed by atoms with van der Waals surface area (Å²) < 4.78 is 0. The van der Waals surface area contributed by atoms with Crippen LogP contribution in [0.3, 0.4) is 0 Å². The lowest BCUT2D eigenvalue weighted by atomic mass is 10.0. The number of aromatic hydroxyl groups is 1. The number of piperazine rings is 1. The van der Waals surface area contributed by atoms with Gasteiger partial charge in [-0.15, -0.1) is 0 Å². The molecule has 7 nitrogen and oxygen atoms in total. The maximum Gasteiger partial charge on any atom is 0.220 e. The van der Waals surface area contributed by atoms with Gasteiger partial charge in [-0.2, -0.15) is 0 Å². The summed E-state index contributed by atoms with van der Waals surface area (Å²) in [6, 6.07) is 7.48. The molecule has 0 radical (unpaired) electrons. The van der Waals surface area contributed by atoms with Crippen LogP contribution < -0.4 is 15.5 Å². The number of anilines is 1. The van der Waals surface area contributed by atoms with E-state index in [1.807, 2.05) is 18.2 Å². The molecule has 2 fully saturated rings. The van der Waals surface area contributed by atoms with Gasteiger partial charge in [0.1, 0.15) is 5.75 Å². The van der Waals surface area contributed by atoms with Crippen molar-refractivity contribution in [1.29, 1.82) is 0 Å². The van der Waals surface area contributed by atoms with Crippen LogP contribution in [0, 0.1) is 5.92 Å². The van der Waals surface area contributed by atoms with Crippen LogP contribution in [0.1, 0.15) is 39.0 Å². The van der Waals surface area contributed by atoms with Gasteiger partial charge in [-0.25, -0.2) is 0 Å². The topological polar surface area (TPSA) is 80.2 Å². The van der Waals surface area contributed by atoms with Gasteiger partial charge < -0.3 is 25.5 Å². The average Bonchev–Trinajstić information content (AvgIpc) is 3.24. The number of rotatable bonds is 7. The number of hydrogen-bond donors (Lipinski definition) is 3. The van der Waals surface area contributed by atoms with Crippen molar-refractivity contribution in [3.05, 3.63) is 24.3 Å². The standard InChI is InChI=1S/C22H35N5O2/c1-2-23-22(25-12-11-24-21(29)17-18-7-3-4-8-18)27-15-13-26(14-16-27)19-9-5-6-10-20(19)28/h5-6,9-10,18,28H,2-4,7-8,11-17H2,1H3,(H,23,25)(H,24,29). The second-order valence-electron chi connectivity index (χ2n) is 7.90. The van der Waals surface area contributed by atoms with Crippen LogP contribution in [0.2, 0.25) is 0 Å². The van der Waals surface area contributed by atoms with Crippen LogP contribution >= 0.6 is 0 Å². The number of carbonyl (C=O) groups excluding carboxylic acids is 1. The Labute approximate surface area is 174 Å². The smallest absolute Gasteiger partial charge is 0.220 e. The van der Waals surface area contributed by atoms with Crippen LogP contribution in [-0.2, 0) is 4.79 Å². The fourth-order valence-corrected chi connectivity index (χ4v) is 4.22. The molecule has 0 unspecified atom stereocenters. The Hall–Kier alpha value is -2.44. The zero-order valence-corrected chi connectivity index (χ0v) is 17.6. The Bertz CT molecular complexity index is 680. The molecular formula is C22H35N5O2. The van der Waals surface area contributed by atoms with Crippen molar-refractivity contribution < 1.29 is 9.90 Å². The molecule has 7 heteroatoms. The molecule has 1 aliphatic carbocycles. The predicted octanol–water partition coefficient (Wildman–Crippen LogP) is 2.18. The number of amides is 1. The minimum absolute atomic E-state index is 0.161. The zero-order chi connectivity index (χ0) is 20.5. The van der Waals surface area contributed by atoms with E-state index in [1.165, 1.54) is 25.7 Å². The van der Waals surface area contributed by atoms with Crippen molar-refractivity contribution in [3.63, 3.8) is 0 Å². The fraction of sp³-hybridized carbons (Fsp3) is 0.636. The van der Waals surface area contributed by atoms with Gasteiger partial charge in [0.05, 0.1) is 12.2 Å². The van der Waals surface area contributed by atoms with Crippen LogP contribution in [0.25, 0.3) is 0 Å². The van der Waals surface area contributed by atoms with Gasteiger partial charge in [0.15, 0.2) is 5.96 Å². The van der Waals surface area contributed by atoms with E-state index in [2.05, 4.69) is 27.4 Å². The number of phenols is 1. The minimum atomic E-state index is 0.161. The average molecular weight is 402 g/mol. The number of carbonyl (C=O) groups is 1. The van der Waals surface area contributed by atoms with Gasteiger partial charge >= 0.3 is 0 Å². The lowest BCUT2D eigenvalue weighted by molar-refractivity contribution is -0.121. The summed E-state index contributed by atoms with van der Waals surface area (Å²) in [6.07, 6.45) is 5.60. The first-order valence-electron chi connectivity index (χ1n) is 11.0. The second-order valence-corrected chi connectivity index (χ2v) is 7.90. The lowest BCUT2D eigenvalue weighted by Gasteiger charge is -2.37. The Balaban J connectivity index is 1.44. The summed E-state index contributed by atoms with van der Waals surface area (Å²) in [5.74, 6) is 1.97. The molecule has 1 saturated heterocycles. The molecule has 0 spiro atoms. The molecule has 1 aromatic carbocycles. The van der Waals surface area contributed by atoms with Gasteiger partial charge in [-0.1, -0.05) is 25.0 Å². The Morgan fingerprint density at radius 1 is 1.14 bits per heavy atom. The number of hydrogen-bond acceptors (Lipinski definition) is 4. The molecule has 3 rings (SSSR count). The second kappa shape index (κ2) is 10.9. The van der Waals surface area contributed by atoms with E-state index in [-0.39, 0.29) is 5.91 Å². The van der Waals surface area contributed by atoms with E-state index < -0.39 is 0 Å². The third-order valence-corrected chi connectivity index (χ3v) is 5.78. The first kappa shape index (κ1) is 21.3. The summed E-state index contributed by atoms with van der Waals surface area (Å²) in [4.78, 5) is 21.2. The highest BCUT2D eigenvalue weighted by atomic mass is 16.3. The fourth-order valence-electron chi connectivity index (χ4n) is 4.22. The third kappa shape index (κ3) is 6.27. The largest absolute Gasteiger partial charge is 0.506 e. The summed E-state index contributed by atoms with van der Waals surface area (Å²) in [5, 5.41) is 16.5. The molecule has 1 saturated carbocycles. The van der Waals surface area contributed by atoms with Crippen molar-refractivity contribution in [1.82, 2.24) is 15.5 Å². The molecule has 0 atom stereocenters. The highest BCUT2D eigenvalue weighted by Crippen LogP contribution is 2.28. The molecule has 1 heterocycles. The molecule has 160 valence electrons. The molecule has 3 N–H and O–H groups in total. The minimum Gasteiger partial charge on any atom is -0.506 e. The number of nitrogens with one attached hydrogen (secondary N) is 2. The molecule has 0 aromatic heterocycles. The van der Waals surface area contributed by atoms with Crippen molar-refractivity contribution in [2.75, 3.05) is 50.7 Å². The third-order valence-electron chi connectivity index (χ3n) is 5.78. The van der Waals surface area contributed by atoms with Crippen LogP contribution in [-0.4, -0.2) is 67.7 Å². The lowest BCUT2D eigenvalue weighted by Crippen LogP contribution is -2.52. The number of phenolic OH excluding ortho intramolecular Hbond substituents is 1. The summed E-state index contributed by atoms with van der Waals surface area (Å²) >= 11 is 0. The van der Waals surface area contributed by atoms with Crippen molar-refractivity contribution in [2.45, 2.75) is 39.0 Å². The van der Waals surface area contributed by atoms with Crippen molar-refractivity contribution >= 4 is 17.6 Å². The Morgan fingerprint density at radius 2 is 1.86 bits per heavy atom. The van der Waals surface area contributed by atoms with E-state index >= 15 is 0 Å². The molecule has 2 aliphatic rings. The number of aliphatic imine (C=N–C) groups is 1. The summed E-state index contributed by atoms with van der Waals surface area (Å²) in [5.41, 5.74) is 0.888. The Kier molecular flexibility index (Phi) is 8.02. The molecule has 1 amide bonds. The van der Waals surface area contributed by atoms with Gasteiger partial charge in [0, 0.05) is 45.7 Å². The molecule has 1 aromatic rings. The van der Waals surface area contributed by atoms with Gasteiger partial charge in [-0.3, -0.25) is 9.79 Å². The van der Waals surface area contributed by atoms with Crippen molar-refractivity contribution in [2.24, 2.45) is 10.9 Å². The SMILES string of the molecule is CCNC(=NCCNC(=O)CC1CCCC1)N1CCN(c2ccccc2O)CC1. The maximum absolute atomic E-state index is 12.1. The summed E-state index contributed by atoms with van der Waals surface area (Å²) in [6.45, 7) is 7.39. The van der Waals surface area contributed by atoms with E-state index in [0.29, 0.717) is 31.2 Å². The van der Waals surface area contributed by atoms with Crippen LogP contribution in [0.4, 0.5) is 5.69 Å². The van der Waals surface area contributed by atoms with Crippen LogP contribution in [0.5, 0.6) is 5.75 Å². The summed E-state index contributed by atoms with van der Waals surface area (Å²) in [7, 11) is 0. The zero-order valence-electron chi connectivity index (χ0n) is 17.6. The highest BCUT2D eigenvalue weighted by Gasteiger charge is 2.21. The number of nitrogens with zero attached hydrogens (tertiary/aromatic N) is 3. The number of para-hydroxylation sites is 2. The Morgan fingerprint density at radius 3 is 2.55 bits per heavy atom. The van der Waals surface area contributed by atoms with E-state index in [9.17, 15) is 9.90 Å². The molecule has 0 bridgehead atoms. The molecular weight excluding hydrogens is 366 g/mol. The first-order chi connectivity index (χ1) is 14.2. The number of benzene rings is 1. The van der Waals surface area contributed by atoms with Crippen molar-refractivity contribution in [3.8, 4) is 5.75 Å². The first-order valence-corrected chi connectivity index (χ1v) is 11.0. The van der Waals surface area contributed by atoms with E-state index in [4.69, 9.17) is 4.99 Å². The molecule has 29 heavy (non-hydrogen) atoms. The normalized spacial score (nSPS) is 18.2. The maximum atomic E-state index is 12.1.